The molecule has 5 heteroatoms. The van der Waals surface area contributed by atoms with Crippen LogP contribution >= 0.6 is 12.4 Å². The Hall–Kier alpha value is -0.320. The molecule has 0 aliphatic heterocycles. The number of nitrogens with one attached hydrogen (secondary N) is 2. The van der Waals surface area contributed by atoms with Gasteiger partial charge in [0, 0.05) is 19.5 Å². The highest BCUT2D eigenvalue weighted by Gasteiger charge is 2.14. The van der Waals surface area contributed by atoms with Crippen LogP contribution in [0.25, 0.3) is 0 Å². The van der Waals surface area contributed by atoms with E-state index in [2.05, 4.69) is 10.6 Å². The number of carbonyl (C=O) groups excluding carboxylic acids is 1. The number of hydrogen-bond acceptors (Lipinski definition) is 3. The van der Waals surface area contributed by atoms with Crippen molar-refractivity contribution in [1.29, 1.82) is 0 Å². The lowest BCUT2D eigenvalue weighted by Crippen LogP contribution is -2.30. The Morgan fingerprint density at radius 2 is 2.00 bits per heavy atom. The Bertz CT molecular complexity index is 185. The van der Waals surface area contributed by atoms with E-state index < -0.39 is 0 Å². The molecule has 0 spiro atoms. The zero-order chi connectivity index (χ0) is 10.9. The second kappa shape index (κ2) is 9.87. The van der Waals surface area contributed by atoms with Gasteiger partial charge in [0.05, 0.1) is 12.7 Å². The number of hydrogen-bond donors (Lipinski definition) is 2. The molecule has 0 heterocycles. The summed E-state index contributed by atoms with van der Waals surface area (Å²) in [6, 6.07) is 0. The van der Waals surface area contributed by atoms with Gasteiger partial charge in [-0.05, 0) is 19.9 Å². The van der Waals surface area contributed by atoms with Crippen molar-refractivity contribution in [3.8, 4) is 0 Å². The van der Waals surface area contributed by atoms with Crippen LogP contribution in [0.5, 0.6) is 0 Å². The number of carbonyl (C=O) groups is 1. The minimum absolute atomic E-state index is 0. The van der Waals surface area contributed by atoms with Crippen molar-refractivity contribution < 1.29 is 9.53 Å². The standard InChI is InChI=1S/C11H22N2O2.ClH/c1-12-7-6-11(14)13-8-9-15-10-4-2-3-5-10;/h10,12H,2-9H2,1H3,(H,13,14);1H. The maximum atomic E-state index is 11.2. The second-order valence-corrected chi connectivity index (χ2v) is 3.98. The third-order valence-electron chi connectivity index (χ3n) is 2.68. The molecule has 0 aromatic heterocycles. The molecule has 0 atom stereocenters. The number of rotatable bonds is 7. The smallest absolute Gasteiger partial charge is 0.221 e. The molecular weight excluding hydrogens is 228 g/mol. The van der Waals surface area contributed by atoms with Gasteiger partial charge in [-0.1, -0.05) is 12.8 Å². The van der Waals surface area contributed by atoms with Gasteiger partial charge in [0.25, 0.3) is 0 Å². The van der Waals surface area contributed by atoms with E-state index in [4.69, 9.17) is 4.74 Å². The topological polar surface area (TPSA) is 50.4 Å². The monoisotopic (exact) mass is 250 g/mol. The Morgan fingerprint density at radius 3 is 2.62 bits per heavy atom. The third-order valence-corrected chi connectivity index (χ3v) is 2.68. The predicted molar refractivity (Wildman–Crippen MR) is 67.0 cm³/mol. The highest BCUT2D eigenvalue weighted by Crippen LogP contribution is 2.20. The van der Waals surface area contributed by atoms with Crippen molar-refractivity contribution in [2.45, 2.75) is 38.2 Å². The van der Waals surface area contributed by atoms with E-state index in [0.717, 1.165) is 6.54 Å². The molecule has 1 fully saturated rings. The highest BCUT2D eigenvalue weighted by atomic mass is 35.5. The first-order valence-electron chi connectivity index (χ1n) is 5.86. The molecule has 1 aliphatic carbocycles. The fourth-order valence-electron chi connectivity index (χ4n) is 1.80. The summed E-state index contributed by atoms with van der Waals surface area (Å²) in [6.45, 7) is 2.02. The van der Waals surface area contributed by atoms with Crippen LogP contribution in [0.2, 0.25) is 0 Å². The molecule has 4 nitrogen and oxygen atoms in total. The molecular formula is C11H23ClN2O2. The summed E-state index contributed by atoms with van der Waals surface area (Å²) >= 11 is 0. The molecule has 1 amide bonds. The van der Waals surface area contributed by atoms with E-state index >= 15 is 0 Å². The fraction of sp³-hybridized carbons (Fsp3) is 0.909. The van der Waals surface area contributed by atoms with Crippen LogP contribution in [0.15, 0.2) is 0 Å². The zero-order valence-electron chi connectivity index (χ0n) is 9.96. The molecule has 1 saturated carbocycles. The molecule has 16 heavy (non-hydrogen) atoms. The van der Waals surface area contributed by atoms with Crippen LogP contribution in [-0.2, 0) is 9.53 Å². The summed E-state index contributed by atoms with van der Waals surface area (Å²) in [7, 11) is 1.84. The molecule has 0 bridgehead atoms. The van der Waals surface area contributed by atoms with E-state index in [0.29, 0.717) is 25.7 Å². The van der Waals surface area contributed by atoms with E-state index in [1.165, 1.54) is 25.7 Å². The van der Waals surface area contributed by atoms with Crippen LogP contribution in [0.1, 0.15) is 32.1 Å². The van der Waals surface area contributed by atoms with Gasteiger partial charge in [0.1, 0.15) is 0 Å². The van der Waals surface area contributed by atoms with E-state index in [-0.39, 0.29) is 18.3 Å². The Kier molecular flexibility index (Phi) is 9.68. The van der Waals surface area contributed by atoms with E-state index in [1.807, 2.05) is 7.05 Å². The quantitative estimate of drug-likeness (QED) is 0.666. The summed E-state index contributed by atoms with van der Waals surface area (Å²) in [4.78, 5) is 11.2. The molecule has 1 aliphatic rings. The molecule has 2 N–H and O–H groups in total. The number of ether oxygens (including phenoxy) is 1. The fourth-order valence-corrected chi connectivity index (χ4v) is 1.80. The van der Waals surface area contributed by atoms with Gasteiger partial charge in [-0.2, -0.15) is 0 Å². The number of amides is 1. The van der Waals surface area contributed by atoms with Gasteiger partial charge in [0.15, 0.2) is 0 Å². The van der Waals surface area contributed by atoms with Crippen molar-refractivity contribution >= 4 is 18.3 Å². The van der Waals surface area contributed by atoms with Crippen molar-refractivity contribution in [1.82, 2.24) is 10.6 Å². The summed E-state index contributed by atoms with van der Waals surface area (Å²) < 4.78 is 5.63. The average Bonchev–Trinajstić information content (AvgIpc) is 2.74. The van der Waals surface area contributed by atoms with Gasteiger partial charge in [0.2, 0.25) is 5.91 Å². The average molecular weight is 251 g/mol. The lowest BCUT2D eigenvalue weighted by Gasteiger charge is -2.11. The lowest BCUT2D eigenvalue weighted by molar-refractivity contribution is -0.121. The van der Waals surface area contributed by atoms with Crippen molar-refractivity contribution in [2.75, 3.05) is 26.7 Å². The SMILES string of the molecule is CNCCC(=O)NCCOC1CCCC1.Cl. The van der Waals surface area contributed by atoms with E-state index in [9.17, 15) is 4.79 Å². The van der Waals surface area contributed by atoms with Crippen molar-refractivity contribution in [3.63, 3.8) is 0 Å². The Morgan fingerprint density at radius 1 is 1.31 bits per heavy atom. The molecule has 0 radical (unpaired) electrons. The largest absolute Gasteiger partial charge is 0.376 e. The first-order chi connectivity index (χ1) is 7.33. The lowest BCUT2D eigenvalue weighted by atomic mass is 10.3. The van der Waals surface area contributed by atoms with Crippen LogP contribution in [-0.4, -0.2) is 38.8 Å². The molecule has 1 rings (SSSR count). The van der Waals surface area contributed by atoms with Gasteiger partial charge in [-0.15, -0.1) is 12.4 Å². The zero-order valence-corrected chi connectivity index (χ0v) is 10.8. The first kappa shape index (κ1) is 15.7. The van der Waals surface area contributed by atoms with Crippen molar-refractivity contribution in [2.24, 2.45) is 0 Å². The summed E-state index contributed by atoms with van der Waals surface area (Å²) in [5.41, 5.74) is 0. The highest BCUT2D eigenvalue weighted by molar-refractivity contribution is 5.85. The van der Waals surface area contributed by atoms with Crippen LogP contribution in [0.3, 0.4) is 0 Å². The molecule has 0 unspecified atom stereocenters. The van der Waals surface area contributed by atoms with Crippen molar-refractivity contribution in [3.05, 3.63) is 0 Å². The van der Waals surface area contributed by atoms with Crippen LogP contribution < -0.4 is 10.6 Å². The Labute approximate surface area is 104 Å². The van der Waals surface area contributed by atoms with Gasteiger partial charge in [-0.3, -0.25) is 4.79 Å². The summed E-state index contributed by atoms with van der Waals surface area (Å²) in [5, 5.41) is 5.78. The predicted octanol–water partition coefficient (Wildman–Crippen LogP) is 1.09. The number of halogens is 1. The van der Waals surface area contributed by atoms with Gasteiger partial charge in [-0.25, -0.2) is 0 Å². The van der Waals surface area contributed by atoms with Crippen LogP contribution in [0.4, 0.5) is 0 Å². The third kappa shape index (κ3) is 7.04. The molecule has 0 aromatic carbocycles. The summed E-state index contributed by atoms with van der Waals surface area (Å²) in [5.74, 6) is 0.0966. The first-order valence-corrected chi connectivity index (χ1v) is 5.86. The maximum Gasteiger partial charge on any atom is 0.221 e. The van der Waals surface area contributed by atoms with Gasteiger partial charge >= 0.3 is 0 Å². The second-order valence-electron chi connectivity index (χ2n) is 3.98. The minimum Gasteiger partial charge on any atom is -0.376 e. The maximum absolute atomic E-state index is 11.2. The molecule has 0 saturated heterocycles. The van der Waals surface area contributed by atoms with E-state index in [1.54, 1.807) is 0 Å². The molecule has 96 valence electrons. The van der Waals surface area contributed by atoms with Gasteiger partial charge < -0.3 is 15.4 Å². The minimum atomic E-state index is 0. The van der Waals surface area contributed by atoms with Crippen LogP contribution in [0, 0.1) is 0 Å². The summed E-state index contributed by atoms with van der Waals surface area (Å²) in [6.07, 6.45) is 5.94. The normalized spacial score (nSPS) is 15.8. The Balaban J connectivity index is 0.00000225. The molecule has 0 aromatic rings.